The third-order valence-corrected chi connectivity index (χ3v) is 0. The maximum atomic E-state index is 0. The SMILES string of the molecule is [Ir].[O-2].[O-2].[O-2].[O-2].[O-2].[W]. The van der Waals surface area contributed by atoms with Crippen LogP contribution in [-0.4, -0.2) is 0 Å². The molecule has 5 nitrogen and oxygen atoms in total. The van der Waals surface area contributed by atoms with E-state index in [1.54, 1.807) is 0 Å². The maximum Gasteiger partial charge on any atom is 0 e. The second-order valence-electron chi connectivity index (χ2n) is 0. The van der Waals surface area contributed by atoms with E-state index in [1.165, 1.54) is 0 Å². The Morgan fingerprint density at radius 1 is 0.429 bits per heavy atom. The molecule has 7 heteroatoms. The standard InChI is InChI=1S/Ir.5O.W/q;5*-2;. The van der Waals surface area contributed by atoms with Gasteiger partial charge in [0.05, 0.1) is 0 Å². The molecule has 55 valence electrons. The van der Waals surface area contributed by atoms with Crippen LogP contribution in [0.3, 0.4) is 0 Å². The normalized spacial score (nSPS) is 0. The Balaban J connectivity index is 0. The van der Waals surface area contributed by atoms with E-state index in [1.807, 2.05) is 0 Å². The first kappa shape index (κ1) is 320. The van der Waals surface area contributed by atoms with Gasteiger partial charge in [-0.2, -0.15) is 0 Å². The fraction of sp³-hybridized carbons (Fsp3) is 0. The summed E-state index contributed by atoms with van der Waals surface area (Å²) in [5.41, 5.74) is 0. The zero-order valence-electron chi connectivity index (χ0n) is 2.78. The minimum atomic E-state index is 0. The summed E-state index contributed by atoms with van der Waals surface area (Å²) in [7, 11) is 0. The maximum absolute atomic E-state index is 0. The molecule has 0 saturated heterocycles. The minimum Gasteiger partial charge on any atom is -2.00 e. The van der Waals surface area contributed by atoms with Gasteiger partial charge in [-0.3, -0.25) is 0 Å². The van der Waals surface area contributed by atoms with Crippen LogP contribution in [0.4, 0.5) is 0 Å². The molecule has 0 aromatic carbocycles. The van der Waals surface area contributed by atoms with Gasteiger partial charge >= 0.3 is 0 Å². The van der Waals surface area contributed by atoms with Crippen LogP contribution >= 0.6 is 0 Å². The van der Waals surface area contributed by atoms with Gasteiger partial charge in [-0.15, -0.1) is 0 Å². The molecule has 0 aliphatic rings. The fourth-order valence-electron chi connectivity index (χ4n) is 0. The second kappa shape index (κ2) is 208. The van der Waals surface area contributed by atoms with E-state index < -0.39 is 0 Å². The first-order chi connectivity index (χ1) is 0. The van der Waals surface area contributed by atoms with Crippen LogP contribution in [0.5, 0.6) is 0 Å². The van der Waals surface area contributed by atoms with Crippen LogP contribution in [0.15, 0.2) is 0 Å². The predicted octanol–water partition coefficient (Wildman–Crippen LogP) is -0.599. The van der Waals surface area contributed by atoms with Gasteiger partial charge in [0.25, 0.3) is 0 Å². The van der Waals surface area contributed by atoms with Gasteiger partial charge in [0.2, 0.25) is 0 Å². The molecule has 0 heterocycles. The molecular formula is IrO5W-10. The zero-order valence-corrected chi connectivity index (χ0v) is 8.11. The van der Waals surface area contributed by atoms with E-state index in [9.17, 15) is 0 Å². The van der Waals surface area contributed by atoms with E-state index in [2.05, 4.69) is 0 Å². The smallest absolute Gasteiger partial charge is 0 e. The minimum absolute atomic E-state index is 0. The monoisotopic (exact) mass is 457 g/mol. The molecule has 0 aromatic rings. The van der Waals surface area contributed by atoms with E-state index in [4.69, 9.17) is 0 Å². The largest absolute Gasteiger partial charge is 2.00 e. The second-order valence-corrected chi connectivity index (χ2v) is 0. The molecule has 0 saturated carbocycles. The number of hydrogen-bond acceptors (Lipinski definition) is 0. The summed E-state index contributed by atoms with van der Waals surface area (Å²) >= 11 is 0. The Morgan fingerprint density at radius 3 is 0.429 bits per heavy atom. The first-order valence-corrected chi connectivity index (χ1v) is 0. The Bertz CT molecular complexity index is 8.04. The molecule has 1 radical (unpaired) electrons. The molecule has 0 bridgehead atoms. The van der Waals surface area contributed by atoms with Crippen molar-refractivity contribution in [3.8, 4) is 0 Å². The molecule has 0 aliphatic carbocycles. The van der Waals surface area contributed by atoms with Crippen molar-refractivity contribution in [3.63, 3.8) is 0 Å². The quantitative estimate of drug-likeness (QED) is 0.459. The Kier molecular flexibility index (Phi) is 9510. The summed E-state index contributed by atoms with van der Waals surface area (Å²) in [6, 6.07) is 0. The van der Waals surface area contributed by atoms with Gasteiger partial charge in [0.1, 0.15) is 0 Å². The van der Waals surface area contributed by atoms with E-state index in [0.29, 0.717) is 0 Å². The molecule has 0 aliphatic heterocycles. The van der Waals surface area contributed by atoms with Crippen molar-refractivity contribution in [1.29, 1.82) is 0 Å². The average Bonchev–Trinajstić information content (AvgIpc) is 0. The van der Waals surface area contributed by atoms with Gasteiger partial charge in [-0.25, -0.2) is 0 Å². The summed E-state index contributed by atoms with van der Waals surface area (Å²) in [4.78, 5) is 0. The first-order valence-electron chi connectivity index (χ1n) is 0. The zero-order chi connectivity index (χ0) is 0. The van der Waals surface area contributed by atoms with E-state index in [0.717, 1.165) is 0 Å². The van der Waals surface area contributed by atoms with Gasteiger partial charge in [-0.05, 0) is 0 Å². The van der Waals surface area contributed by atoms with E-state index in [-0.39, 0.29) is 68.6 Å². The van der Waals surface area contributed by atoms with Crippen molar-refractivity contribution < 1.29 is 68.6 Å². The summed E-state index contributed by atoms with van der Waals surface area (Å²) < 4.78 is 0. The van der Waals surface area contributed by atoms with Gasteiger partial charge < -0.3 is 27.4 Å². The Hall–Kier alpha value is 1.14. The van der Waals surface area contributed by atoms with Crippen molar-refractivity contribution >= 4 is 0 Å². The van der Waals surface area contributed by atoms with Crippen molar-refractivity contribution in [3.05, 3.63) is 0 Å². The number of hydrogen-bond donors (Lipinski definition) is 0. The predicted molar refractivity (Wildman–Crippen MR) is 3.43 cm³/mol. The van der Waals surface area contributed by atoms with Gasteiger partial charge in [0.15, 0.2) is 0 Å². The molecule has 0 spiro atoms. The van der Waals surface area contributed by atoms with Crippen molar-refractivity contribution in [1.82, 2.24) is 0 Å². The Labute approximate surface area is 68.6 Å². The van der Waals surface area contributed by atoms with Crippen molar-refractivity contribution in [2.24, 2.45) is 0 Å². The Morgan fingerprint density at radius 2 is 0.429 bits per heavy atom. The molecule has 0 unspecified atom stereocenters. The van der Waals surface area contributed by atoms with Crippen molar-refractivity contribution in [2.45, 2.75) is 0 Å². The van der Waals surface area contributed by atoms with Crippen molar-refractivity contribution in [2.75, 3.05) is 0 Å². The summed E-state index contributed by atoms with van der Waals surface area (Å²) in [5.74, 6) is 0. The molecule has 0 fully saturated rings. The van der Waals surface area contributed by atoms with E-state index >= 15 is 0 Å². The fourth-order valence-corrected chi connectivity index (χ4v) is 0. The molecule has 0 amide bonds. The summed E-state index contributed by atoms with van der Waals surface area (Å²) in [6.45, 7) is 0. The number of rotatable bonds is 0. The van der Waals surface area contributed by atoms with Crippen LogP contribution in [0.25, 0.3) is 0 Å². The molecule has 0 aromatic heterocycles. The molecular weight excluding hydrogens is 456 g/mol. The van der Waals surface area contributed by atoms with Gasteiger partial charge in [0, 0.05) is 41.2 Å². The molecule has 7 heavy (non-hydrogen) atoms. The van der Waals surface area contributed by atoms with Crippen LogP contribution < -0.4 is 0 Å². The third-order valence-electron chi connectivity index (χ3n) is 0. The summed E-state index contributed by atoms with van der Waals surface area (Å²) in [6.07, 6.45) is 0. The van der Waals surface area contributed by atoms with Crippen LogP contribution in [-0.2, 0) is 68.6 Å². The third kappa shape index (κ3) is 146. The van der Waals surface area contributed by atoms with Crippen LogP contribution in [0, 0.1) is 0 Å². The molecule has 0 atom stereocenters. The molecule has 0 rings (SSSR count). The topological polar surface area (TPSA) is 142 Å². The molecule has 0 N–H and O–H groups in total. The van der Waals surface area contributed by atoms with Crippen LogP contribution in [0.2, 0.25) is 0 Å². The summed E-state index contributed by atoms with van der Waals surface area (Å²) in [5, 5.41) is 0. The van der Waals surface area contributed by atoms with Gasteiger partial charge in [-0.1, -0.05) is 0 Å². The van der Waals surface area contributed by atoms with Crippen LogP contribution in [0.1, 0.15) is 0 Å². The average molecular weight is 456 g/mol.